The SMILES string of the molecule is CC1=CNC(NC(=O)c2cc3c(s2)-c2ccc(F)cc2N(C)CC3)O1.Cc1cnc(N2CC3(CCOCC3)C2)c(C(=O)Nc2ccc(C=O)cc2)c1. The van der Waals surface area contributed by atoms with Crippen LogP contribution in [0.15, 0.2) is 72.8 Å². The third kappa shape index (κ3) is 7.51. The molecule has 0 bridgehead atoms. The number of aryl methyl sites for hydroxylation is 1. The van der Waals surface area contributed by atoms with Crippen molar-refractivity contribution in [2.45, 2.75) is 39.5 Å². The first kappa shape index (κ1) is 35.1. The highest BCUT2D eigenvalue weighted by Crippen LogP contribution is 2.43. The van der Waals surface area contributed by atoms with Crippen molar-refractivity contribution in [1.29, 1.82) is 0 Å². The molecule has 2 saturated heterocycles. The van der Waals surface area contributed by atoms with Gasteiger partial charge in [0, 0.05) is 85.1 Å². The number of aldehydes is 1. The van der Waals surface area contributed by atoms with E-state index < -0.39 is 6.35 Å². The molecule has 1 spiro atoms. The van der Waals surface area contributed by atoms with Gasteiger partial charge in [0.1, 0.15) is 23.7 Å². The number of pyridine rings is 1. The molecule has 0 saturated carbocycles. The number of amides is 2. The van der Waals surface area contributed by atoms with E-state index in [9.17, 15) is 18.8 Å². The average molecular weight is 725 g/mol. The van der Waals surface area contributed by atoms with Gasteiger partial charge in [0.05, 0.1) is 10.4 Å². The van der Waals surface area contributed by atoms with E-state index in [4.69, 9.17) is 9.47 Å². The number of hydrogen-bond donors (Lipinski definition) is 3. The third-order valence-corrected chi connectivity index (χ3v) is 11.0. The predicted octanol–water partition coefficient (Wildman–Crippen LogP) is 6.11. The summed E-state index contributed by atoms with van der Waals surface area (Å²) in [6, 6.07) is 15.4. The Morgan fingerprint density at radius 1 is 1.06 bits per heavy atom. The first-order valence-corrected chi connectivity index (χ1v) is 18.1. The highest BCUT2D eigenvalue weighted by atomic mass is 32.1. The summed E-state index contributed by atoms with van der Waals surface area (Å²) in [5.41, 5.74) is 6.00. The molecular weight excluding hydrogens is 684 g/mol. The molecule has 4 aromatic rings. The minimum Gasteiger partial charge on any atom is -0.456 e. The van der Waals surface area contributed by atoms with E-state index in [0.717, 1.165) is 97.2 Å². The number of aromatic nitrogens is 1. The standard InChI is InChI=1S/C21H23N3O3.C18H18FN3O2S/c1-15-10-18(20(26)23-17-4-2-16(12-25)3-5-17)19(22-11-15)24-13-21(14-24)6-8-27-9-7-21;1-10-9-20-18(24-10)21-17(23)15-7-11-5-6-22(2)14-8-12(19)3-4-13(14)16(11)25-15/h2-5,10-12H,6-9,13-14H2,1H3,(H,23,26);3-4,7-9,18,20H,5-6H2,1-2H3,(H,21,23). The van der Waals surface area contributed by atoms with Crippen LogP contribution in [0.25, 0.3) is 10.4 Å². The second kappa shape index (κ2) is 14.8. The van der Waals surface area contributed by atoms with Gasteiger partial charge in [0.15, 0.2) is 0 Å². The van der Waals surface area contributed by atoms with Crippen LogP contribution in [0.1, 0.15) is 61.3 Å². The van der Waals surface area contributed by atoms with E-state index in [1.165, 1.54) is 17.4 Å². The van der Waals surface area contributed by atoms with Gasteiger partial charge in [-0.15, -0.1) is 11.3 Å². The summed E-state index contributed by atoms with van der Waals surface area (Å²) >= 11 is 1.43. The van der Waals surface area contributed by atoms with Crippen molar-refractivity contribution < 1.29 is 28.2 Å². The number of allylic oxidation sites excluding steroid dienone is 1. The third-order valence-electron chi connectivity index (χ3n) is 9.83. The number of halogens is 1. The number of benzene rings is 2. The lowest BCUT2D eigenvalue weighted by Gasteiger charge is -2.53. The number of carbonyl (C=O) groups excluding carboxylic acids is 3. The topological polar surface area (TPSA) is 125 Å². The number of fused-ring (bicyclic) bond motifs is 3. The molecule has 1 atom stereocenters. The van der Waals surface area contributed by atoms with Crippen LogP contribution in [0, 0.1) is 18.2 Å². The number of rotatable bonds is 6. The van der Waals surface area contributed by atoms with Gasteiger partial charge in [0.2, 0.25) is 6.35 Å². The molecule has 270 valence electrons. The molecular formula is C39H41FN6O5S. The highest BCUT2D eigenvalue weighted by Gasteiger charge is 2.45. The van der Waals surface area contributed by atoms with Crippen LogP contribution in [0.3, 0.4) is 0 Å². The second-order valence-electron chi connectivity index (χ2n) is 13.7. The minimum absolute atomic E-state index is 0.185. The number of ether oxygens (including phenoxy) is 2. The quantitative estimate of drug-likeness (QED) is 0.202. The van der Waals surface area contributed by atoms with Gasteiger partial charge in [-0.1, -0.05) is 0 Å². The van der Waals surface area contributed by atoms with Crippen molar-refractivity contribution in [2.75, 3.05) is 55.0 Å². The van der Waals surface area contributed by atoms with Crippen molar-refractivity contribution in [2.24, 2.45) is 5.41 Å². The fourth-order valence-electron chi connectivity index (χ4n) is 6.94. The average Bonchev–Trinajstić information content (AvgIpc) is 3.73. The summed E-state index contributed by atoms with van der Waals surface area (Å²) in [4.78, 5) is 46.6. The Hall–Kier alpha value is -5.27. The Morgan fingerprint density at radius 3 is 2.54 bits per heavy atom. The van der Waals surface area contributed by atoms with E-state index in [1.807, 2.05) is 33.0 Å². The smallest absolute Gasteiger partial charge is 0.265 e. The van der Waals surface area contributed by atoms with Gasteiger partial charge >= 0.3 is 0 Å². The fraction of sp³-hybridized carbons (Fsp3) is 0.333. The van der Waals surface area contributed by atoms with E-state index >= 15 is 0 Å². The first-order chi connectivity index (χ1) is 25.1. The molecule has 8 rings (SSSR count). The largest absolute Gasteiger partial charge is 0.456 e. The van der Waals surface area contributed by atoms with Crippen LogP contribution >= 0.6 is 11.3 Å². The second-order valence-corrected chi connectivity index (χ2v) is 14.8. The first-order valence-electron chi connectivity index (χ1n) is 17.3. The molecule has 1 unspecified atom stereocenters. The molecule has 2 fully saturated rings. The molecule has 6 heterocycles. The summed E-state index contributed by atoms with van der Waals surface area (Å²) in [6.45, 7) is 8.00. The predicted molar refractivity (Wildman–Crippen MR) is 199 cm³/mol. The van der Waals surface area contributed by atoms with Crippen LogP contribution in [0.2, 0.25) is 0 Å². The van der Waals surface area contributed by atoms with E-state index in [0.29, 0.717) is 27.1 Å². The molecule has 2 aromatic carbocycles. The lowest BCUT2D eigenvalue weighted by molar-refractivity contribution is -0.000512. The molecule has 3 N–H and O–H groups in total. The number of carbonyl (C=O) groups is 3. The van der Waals surface area contributed by atoms with Gasteiger partial charge in [-0.3, -0.25) is 19.7 Å². The summed E-state index contributed by atoms with van der Waals surface area (Å²) < 4.78 is 24.6. The molecule has 2 amide bonds. The summed E-state index contributed by atoms with van der Waals surface area (Å²) in [5, 5.41) is 8.66. The van der Waals surface area contributed by atoms with Crippen LogP contribution in [-0.4, -0.2) is 69.3 Å². The number of thiophene rings is 1. The number of nitrogens with zero attached hydrogens (tertiary/aromatic N) is 3. The van der Waals surface area contributed by atoms with Gasteiger partial charge in [-0.2, -0.15) is 0 Å². The van der Waals surface area contributed by atoms with Crippen LogP contribution in [0.5, 0.6) is 0 Å². The van der Waals surface area contributed by atoms with Crippen molar-refractivity contribution >= 4 is 46.6 Å². The summed E-state index contributed by atoms with van der Waals surface area (Å²) in [5.74, 6) is 0.838. The molecule has 13 heteroatoms. The van der Waals surface area contributed by atoms with Crippen LogP contribution in [0.4, 0.5) is 21.6 Å². The van der Waals surface area contributed by atoms with E-state index in [1.54, 1.807) is 48.8 Å². The van der Waals surface area contributed by atoms with E-state index in [2.05, 4.69) is 30.7 Å². The van der Waals surface area contributed by atoms with Gasteiger partial charge in [0.25, 0.3) is 11.8 Å². The maximum absolute atomic E-state index is 13.7. The summed E-state index contributed by atoms with van der Waals surface area (Å²) in [7, 11) is 1.96. The van der Waals surface area contributed by atoms with Crippen molar-refractivity contribution in [3.8, 4) is 10.4 Å². The highest BCUT2D eigenvalue weighted by molar-refractivity contribution is 7.17. The number of nitrogens with one attached hydrogen (secondary N) is 3. The Labute approximate surface area is 305 Å². The van der Waals surface area contributed by atoms with Gasteiger partial charge in [-0.25, -0.2) is 9.37 Å². The number of anilines is 3. The van der Waals surface area contributed by atoms with E-state index in [-0.39, 0.29) is 17.6 Å². The van der Waals surface area contributed by atoms with Gasteiger partial charge < -0.3 is 29.9 Å². The zero-order valence-electron chi connectivity index (χ0n) is 29.3. The number of hydrogen-bond acceptors (Lipinski definition) is 10. The Bertz CT molecular complexity index is 2020. The molecule has 0 radical (unpaired) electrons. The Kier molecular flexibility index (Phi) is 9.98. The zero-order chi connectivity index (χ0) is 36.4. The normalized spacial score (nSPS) is 18.2. The van der Waals surface area contributed by atoms with Crippen molar-refractivity contribution in [3.05, 3.63) is 106 Å². The Balaban J connectivity index is 0.000000162. The lowest BCUT2D eigenvalue weighted by atomic mass is 9.73. The minimum atomic E-state index is -0.540. The molecule has 11 nitrogen and oxygen atoms in total. The zero-order valence-corrected chi connectivity index (χ0v) is 30.1. The molecule has 0 aliphatic carbocycles. The molecule has 52 heavy (non-hydrogen) atoms. The van der Waals surface area contributed by atoms with Gasteiger partial charge in [-0.05, 0) is 98.8 Å². The molecule has 2 aromatic heterocycles. The summed E-state index contributed by atoms with van der Waals surface area (Å²) in [6.07, 6.45) is 6.71. The molecule has 4 aliphatic heterocycles. The van der Waals surface area contributed by atoms with Crippen LogP contribution in [-0.2, 0) is 15.9 Å². The Morgan fingerprint density at radius 2 is 1.83 bits per heavy atom. The lowest BCUT2D eigenvalue weighted by Crippen LogP contribution is -2.59. The van der Waals surface area contributed by atoms with Crippen molar-refractivity contribution in [1.82, 2.24) is 15.6 Å². The van der Waals surface area contributed by atoms with Crippen LogP contribution < -0.4 is 25.8 Å². The maximum Gasteiger partial charge on any atom is 0.265 e. The fourth-order valence-corrected chi connectivity index (χ4v) is 8.09. The number of likely N-dealkylation sites (N-methyl/N-ethyl adjacent to an activating group) is 1. The maximum atomic E-state index is 13.7. The molecule has 4 aliphatic rings. The monoisotopic (exact) mass is 724 g/mol. The van der Waals surface area contributed by atoms with Crippen molar-refractivity contribution in [3.63, 3.8) is 0 Å².